The number of anilines is 1. The van der Waals surface area contributed by atoms with Gasteiger partial charge in [0.1, 0.15) is 5.82 Å². The zero-order chi connectivity index (χ0) is 19.5. The summed E-state index contributed by atoms with van der Waals surface area (Å²) >= 11 is 0. The maximum Gasteiger partial charge on any atom is 0.240 e. The average molecular weight is 399 g/mol. The molecule has 1 amide bonds. The third-order valence-corrected chi connectivity index (χ3v) is 7.08. The quantitative estimate of drug-likeness (QED) is 0.616. The number of nitrogens with one attached hydrogen (secondary N) is 3. The van der Waals surface area contributed by atoms with Crippen LogP contribution in [0, 0.1) is 5.82 Å². The monoisotopic (exact) mass is 399 g/mol. The van der Waals surface area contributed by atoms with E-state index in [-0.39, 0.29) is 35.0 Å². The number of benzene rings is 2. The van der Waals surface area contributed by atoms with Crippen molar-refractivity contribution in [1.29, 1.82) is 0 Å². The van der Waals surface area contributed by atoms with Crippen molar-refractivity contribution in [2.45, 2.75) is 29.6 Å². The van der Waals surface area contributed by atoms with Gasteiger partial charge in [0.15, 0.2) is 0 Å². The Morgan fingerprint density at radius 3 is 2.75 bits per heavy atom. The van der Waals surface area contributed by atoms with Gasteiger partial charge >= 0.3 is 0 Å². The van der Waals surface area contributed by atoms with Crippen LogP contribution in [0.2, 0.25) is 0 Å². The van der Waals surface area contributed by atoms with Crippen LogP contribution in [0.1, 0.15) is 24.0 Å². The van der Waals surface area contributed by atoms with Crippen LogP contribution in [0.3, 0.4) is 0 Å². The van der Waals surface area contributed by atoms with Gasteiger partial charge < -0.3 is 10.3 Å². The molecular formula is C20H18FN3O3S. The fourth-order valence-electron chi connectivity index (χ4n) is 3.92. The van der Waals surface area contributed by atoms with E-state index in [1.807, 2.05) is 6.20 Å². The Morgan fingerprint density at radius 2 is 1.96 bits per heavy atom. The van der Waals surface area contributed by atoms with E-state index in [1.165, 1.54) is 18.2 Å². The van der Waals surface area contributed by atoms with Gasteiger partial charge in [-0.25, -0.2) is 17.5 Å². The predicted molar refractivity (Wildman–Crippen MR) is 103 cm³/mol. The van der Waals surface area contributed by atoms with Gasteiger partial charge in [0.2, 0.25) is 15.9 Å². The van der Waals surface area contributed by atoms with Crippen molar-refractivity contribution in [2.75, 3.05) is 11.9 Å². The molecule has 8 heteroatoms. The number of aromatic nitrogens is 1. The van der Waals surface area contributed by atoms with Crippen LogP contribution >= 0.6 is 0 Å². The Bertz CT molecular complexity index is 1230. The van der Waals surface area contributed by atoms with Gasteiger partial charge in [0.25, 0.3) is 0 Å². The molecule has 1 saturated carbocycles. The molecule has 3 aromatic rings. The van der Waals surface area contributed by atoms with E-state index in [2.05, 4.69) is 15.0 Å². The van der Waals surface area contributed by atoms with Crippen molar-refractivity contribution in [3.8, 4) is 0 Å². The summed E-state index contributed by atoms with van der Waals surface area (Å²) in [5.41, 5.74) is 2.78. The highest BCUT2D eigenvalue weighted by molar-refractivity contribution is 7.89. The van der Waals surface area contributed by atoms with Crippen molar-refractivity contribution in [1.82, 2.24) is 9.71 Å². The number of sulfonamides is 1. The summed E-state index contributed by atoms with van der Waals surface area (Å²) in [7, 11) is -3.70. The third-order valence-electron chi connectivity index (χ3n) is 5.68. The molecule has 2 aliphatic rings. The summed E-state index contributed by atoms with van der Waals surface area (Å²) in [5.74, 6) is -0.443. The number of H-pyrrole nitrogens is 1. The molecule has 0 spiro atoms. The number of carbonyl (C=O) groups is 1. The van der Waals surface area contributed by atoms with E-state index in [9.17, 15) is 17.6 Å². The number of hydrogen-bond donors (Lipinski definition) is 3. The minimum Gasteiger partial charge on any atom is -0.361 e. The fourth-order valence-corrected chi connectivity index (χ4v) is 5.10. The number of amides is 1. The molecule has 144 valence electrons. The van der Waals surface area contributed by atoms with Gasteiger partial charge in [-0.1, -0.05) is 0 Å². The second kappa shape index (κ2) is 5.89. The van der Waals surface area contributed by atoms with E-state index in [0.29, 0.717) is 16.8 Å². The van der Waals surface area contributed by atoms with E-state index in [1.54, 1.807) is 18.2 Å². The lowest BCUT2D eigenvalue weighted by molar-refractivity contribution is -0.115. The molecule has 6 nitrogen and oxygen atoms in total. The molecule has 1 aliphatic carbocycles. The predicted octanol–water partition coefficient (Wildman–Crippen LogP) is 2.81. The van der Waals surface area contributed by atoms with Crippen LogP contribution in [0.25, 0.3) is 10.9 Å². The Kier molecular flexibility index (Phi) is 3.66. The van der Waals surface area contributed by atoms with E-state index < -0.39 is 10.0 Å². The maximum absolute atomic E-state index is 13.4. The van der Waals surface area contributed by atoms with Crippen molar-refractivity contribution in [3.05, 3.63) is 59.5 Å². The van der Waals surface area contributed by atoms with Crippen molar-refractivity contribution in [2.24, 2.45) is 0 Å². The van der Waals surface area contributed by atoms with Gasteiger partial charge in [0, 0.05) is 34.7 Å². The molecule has 0 bridgehead atoms. The number of aromatic amines is 1. The van der Waals surface area contributed by atoms with Gasteiger partial charge in [-0.15, -0.1) is 0 Å². The highest BCUT2D eigenvalue weighted by atomic mass is 32.2. The highest BCUT2D eigenvalue weighted by Crippen LogP contribution is 2.50. The van der Waals surface area contributed by atoms with E-state index in [4.69, 9.17) is 0 Å². The molecule has 1 aliphatic heterocycles. The molecule has 2 aromatic carbocycles. The Balaban J connectivity index is 1.39. The molecular weight excluding hydrogens is 381 g/mol. The minimum atomic E-state index is -3.70. The Labute approximate surface area is 161 Å². The zero-order valence-electron chi connectivity index (χ0n) is 14.9. The second-order valence-electron chi connectivity index (χ2n) is 7.54. The first-order valence-electron chi connectivity index (χ1n) is 9.06. The molecule has 2 heterocycles. The van der Waals surface area contributed by atoms with Gasteiger partial charge in [0.05, 0.1) is 11.3 Å². The normalized spacial score (nSPS) is 17.5. The lowest BCUT2D eigenvalue weighted by Gasteiger charge is -2.16. The molecule has 3 N–H and O–H groups in total. The molecule has 1 fully saturated rings. The second-order valence-corrected chi connectivity index (χ2v) is 9.31. The first kappa shape index (κ1) is 17.4. The number of rotatable bonds is 5. The van der Waals surface area contributed by atoms with Crippen molar-refractivity contribution in [3.63, 3.8) is 0 Å². The molecule has 1 aromatic heterocycles. The van der Waals surface area contributed by atoms with Crippen LogP contribution in [0.4, 0.5) is 10.1 Å². The van der Waals surface area contributed by atoms with Crippen molar-refractivity contribution < 1.29 is 17.6 Å². The lowest BCUT2D eigenvalue weighted by atomic mass is 9.96. The minimum absolute atomic E-state index is 0.134. The highest BCUT2D eigenvalue weighted by Gasteiger charge is 2.46. The standard InChI is InChI=1S/C20H18FN3O3S/c21-13-1-3-15-16(10-22-18(15)9-13)20(5-6-20)11-23-28(26,27)14-2-4-17-12(7-14)8-19(25)24-17/h1-4,7,9-10,22-23H,5-6,8,11H2,(H,24,25). The Morgan fingerprint density at radius 1 is 1.14 bits per heavy atom. The first-order chi connectivity index (χ1) is 13.4. The average Bonchev–Trinajstić information content (AvgIpc) is 3.17. The van der Waals surface area contributed by atoms with Crippen LogP contribution in [0.15, 0.2) is 47.5 Å². The first-order valence-corrected chi connectivity index (χ1v) is 10.5. The van der Waals surface area contributed by atoms with E-state index in [0.717, 1.165) is 23.8 Å². The summed E-state index contributed by atoms with van der Waals surface area (Å²) in [6.45, 7) is 0.272. The largest absolute Gasteiger partial charge is 0.361 e. The van der Waals surface area contributed by atoms with Crippen LogP contribution in [-0.2, 0) is 26.7 Å². The van der Waals surface area contributed by atoms with Crippen LogP contribution in [-0.4, -0.2) is 25.9 Å². The topological polar surface area (TPSA) is 91.1 Å². The summed E-state index contributed by atoms with van der Waals surface area (Å²) in [5, 5.41) is 3.61. The molecule has 0 radical (unpaired) electrons. The summed E-state index contributed by atoms with van der Waals surface area (Å²) in [4.78, 5) is 14.7. The van der Waals surface area contributed by atoms with Gasteiger partial charge in [-0.05, 0) is 60.4 Å². The molecule has 28 heavy (non-hydrogen) atoms. The molecule has 0 saturated heterocycles. The fraction of sp³-hybridized carbons (Fsp3) is 0.250. The molecule has 5 rings (SSSR count). The maximum atomic E-state index is 13.4. The zero-order valence-corrected chi connectivity index (χ0v) is 15.7. The Hall–Kier alpha value is -2.71. The number of carbonyl (C=O) groups excluding carboxylic acids is 1. The smallest absolute Gasteiger partial charge is 0.240 e. The summed E-state index contributed by atoms with van der Waals surface area (Å²) < 4.78 is 41.7. The van der Waals surface area contributed by atoms with Gasteiger partial charge in [-0.2, -0.15) is 0 Å². The summed E-state index contributed by atoms with van der Waals surface area (Å²) in [6, 6.07) is 9.26. The van der Waals surface area contributed by atoms with Crippen LogP contribution in [0.5, 0.6) is 0 Å². The SMILES string of the molecule is O=C1Cc2cc(S(=O)(=O)NCC3(c4c[nH]c5cc(F)ccc45)CC3)ccc2N1. The van der Waals surface area contributed by atoms with Crippen LogP contribution < -0.4 is 10.0 Å². The van der Waals surface area contributed by atoms with E-state index >= 15 is 0 Å². The van der Waals surface area contributed by atoms with Gasteiger partial charge in [-0.3, -0.25) is 4.79 Å². The van der Waals surface area contributed by atoms with Crippen molar-refractivity contribution >= 4 is 32.5 Å². The lowest BCUT2D eigenvalue weighted by Crippen LogP contribution is -2.32. The molecule has 0 unspecified atom stereocenters. The molecule has 0 atom stereocenters. The number of fused-ring (bicyclic) bond motifs is 2. The number of halogens is 1. The number of hydrogen-bond acceptors (Lipinski definition) is 3. The third kappa shape index (κ3) is 2.80. The summed E-state index contributed by atoms with van der Waals surface area (Å²) in [6.07, 6.45) is 3.76.